The Morgan fingerprint density at radius 2 is 2.30 bits per heavy atom. The Kier molecular flexibility index (Phi) is 3.81. The molecule has 0 bridgehead atoms. The summed E-state index contributed by atoms with van der Waals surface area (Å²) in [4.78, 5) is 3.75. The van der Waals surface area contributed by atoms with Crippen molar-refractivity contribution in [1.82, 2.24) is 10.0 Å². The van der Waals surface area contributed by atoms with Crippen molar-refractivity contribution < 1.29 is 13.9 Å². The fraction of sp³-hybridized carbons (Fsp3) is 0.286. The van der Waals surface area contributed by atoms with Gasteiger partial charge in [-0.2, -0.15) is 0 Å². The van der Waals surface area contributed by atoms with Crippen LogP contribution in [0.3, 0.4) is 0 Å². The van der Waals surface area contributed by atoms with Gasteiger partial charge in [-0.15, -0.1) is 17.4 Å². The maximum atomic E-state index is 13.9. The van der Waals surface area contributed by atoms with Crippen molar-refractivity contribution in [2.45, 2.75) is 12.5 Å². The molecular weight excluding hydrogens is 264 g/mol. The van der Waals surface area contributed by atoms with Gasteiger partial charge in [-0.25, -0.2) is 8.78 Å². The molecule has 1 heterocycles. The highest BCUT2D eigenvalue weighted by Gasteiger charge is 2.42. The zero-order chi connectivity index (χ0) is 14.8. The lowest BCUT2D eigenvalue weighted by molar-refractivity contribution is -0.0157. The third kappa shape index (κ3) is 2.53. The number of aliphatic hydroxyl groups is 1. The zero-order valence-corrected chi connectivity index (χ0v) is 10.8. The minimum atomic E-state index is -1.78. The van der Waals surface area contributed by atoms with Crippen LogP contribution in [0.5, 0.6) is 0 Å². The first-order chi connectivity index (χ1) is 9.47. The summed E-state index contributed by atoms with van der Waals surface area (Å²) in [5.41, 5.74) is -1.98. The molecule has 0 aromatic heterocycles. The molecule has 0 saturated heterocycles. The maximum Gasteiger partial charge on any atom is 0.299 e. The summed E-state index contributed by atoms with van der Waals surface area (Å²) < 4.78 is 27.3. The van der Waals surface area contributed by atoms with Gasteiger partial charge in [0.05, 0.1) is 5.92 Å². The van der Waals surface area contributed by atoms with E-state index in [4.69, 9.17) is 6.42 Å². The second kappa shape index (κ2) is 5.39. The summed E-state index contributed by atoms with van der Waals surface area (Å²) in [7, 11) is 0. The van der Waals surface area contributed by atoms with Crippen LogP contribution in [0.1, 0.15) is 12.5 Å². The molecule has 4 nitrogen and oxygen atoms in total. The van der Waals surface area contributed by atoms with E-state index in [0.29, 0.717) is 0 Å². The van der Waals surface area contributed by atoms with Crippen molar-refractivity contribution in [3.05, 3.63) is 35.4 Å². The second-order valence-electron chi connectivity index (χ2n) is 4.53. The van der Waals surface area contributed by atoms with Crippen molar-refractivity contribution in [3.63, 3.8) is 0 Å². The fourth-order valence-corrected chi connectivity index (χ4v) is 1.98. The molecule has 6 heteroatoms. The number of halogens is 2. The Morgan fingerprint density at radius 1 is 1.55 bits per heavy atom. The molecule has 2 unspecified atom stereocenters. The Labute approximate surface area is 115 Å². The highest BCUT2D eigenvalue weighted by atomic mass is 19.1. The molecule has 20 heavy (non-hydrogen) atoms. The van der Waals surface area contributed by atoms with Crippen LogP contribution in [0.15, 0.2) is 23.3 Å². The van der Waals surface area contributed by atoms with Crippen LogP contribution in [0.4, 0.5) is 8.78 Å². The first-order valence-electron chi connectivity index (χ1n) is 5.94. The predicted molar refractivity (Wildman–Crippen MR) is 71.6 cm³/mol. The van der Waals surface area contributed by atoms with E-state index in [1.807, 2.05) is 0 Å². The Bertz CT molecular complexity index is 597. The second-order valence-corrected chi connectivity index (χ2v) is 4.53. The molecule has 1 aromatic rings. The molecule has 103 valence electrons. The summed E-state index contributed by atoms with van der Waals surface area (Å²) in [5, 5.41) is 16.0. The number of benzene rings is 1. The van der Waals surface area contributed by atoms with Gasteiger partial charge < -0.3 is 5.11 Å². The van der Waals surface area contributed by atoms with Crippen LogP contribution < -0.4 is 4.99 Å². The third-order valence-corrected chi connectivity index (χ3v) is 3.23. The molecular formula is C14H13F2N3O+. The number of hydrazone groups is 1. The van der Waals surface area contributed by atoms with Crippen molar-refractivity contribution in [1.29, 1.82) is 0 Å². The maximum absolute atomic E-state index is 13.9. The monoisotopic (exact) mass is 277 g/mol. The van der Waals surface area contributed by atoms with Crippen LogP contribution in [-0.4, -0.2) is 29.3 Å². The fourth-order valence-electron chi connectivity index (χ4n) is 1.98. The van der Waals surface area contributed by atoms with Crippen molar-refractivity contribution in [3.8, 4) is 12.3 Å². The molecule has 1 radical (unpaired) electrons. The number of aliphatic imine (C=N–C) groups is 1. The molecule has 0 spiro atoms. The Hall–Kier alpha value is -2.26. The van der Waals surface area contributed by atoms with Crippen LogP contribution in [0.2, 0.25) is 0 Å². The summed E-state index contributed by atoms with van der Waals surface area (Å²) in [6.45, 7) is 1.43. The first-order valence-corrected chi connectivity index (χ1v) is 5.94. The molecule has 0 aliphatic carbocycles. The first kappa shape index (κ1) is 14.2. The number of rotatable bonds is 4. The normalized spacial score (nSPS) is 17.9. The zero-order valence-electron chi connectivity index (χ0n) is 10.8. The van der Waals surface area contributed by atoms with Gasteiger partial charge in [-0.05, 0) is 25.1 Å². The molecule has 0 fully saturated rings. The van der Waals surface area contributed by atoms with Crippen molar-refractivity contribution in [2.75, 3.05) is 6.54 Å². The smallest absolute Gasteiger partial charge is 0.299 e. The largest absolute Gasteiger partial charge is 0.380 e. The summed E-state index contributed by atoms with van der Waals surface area (Å²) >= 11 is 0. The van der Waals surface area contributed by atoms with Gasteiger partial charge in [-0.1, -0.05) is 4.99 Å². The highest BCUT2D eigenvalue weighted by molar-refractivity contribution is 5.72. The van der Waals surface area contributed by atoms with Crippen LogP contribution in [0, 0.1) is 29.9 Å². The summed E-state index contributed by atoms with van der Waals surface area (Å²) in [6.07, 6.45) is 7.99. The van der Waals surface area contributed by atoms with Gasteiger partial charge in [0, 0.05) is 10.7 Å². The van der Waals surface area contributed by atoms with Crippen LogP contribution in [-0.2, 0) is 5.60 Å². The average Bonchev–Trinajstić information content (AvgIpc) is 2.93. The number of terminal acetylenes is 1. The van der Waals surface area contributed by atoms with Gasteiger partial charge in [0.1, 0.15) is 23.8 Å². The number of β-amino-alcohol motifs (C(OH)–C–C–N with tert-alkyl or cyclic N) is 1. The quantitative estimate of drug-likeness (QED) is 0.836. The minimum Gasteiger partial charge on any atom is -0.380 e. The van der Waals surface area contributed by atoms with E-state index in [2.05, 4.69) is 16.0 Å². The molecule has 2 atom stereocenters. The van der Waals surface area contributed by atoms with Gasteiger partial charge in [0.25, 0.3) is 12.7 Å². The molecule has 0 amide bonds. The highest BCUT2D eigenvalue weighted by Crippen LogP contribution is 2.33. The van der Waals surface area contributed by atoms with Crippen LogP contribution in [0.25, 0.3) is 0 Å². The molecule has 0 saturated carbocycles. The molecule has 1 N–H and O–H groups in total. The predicted octanol–water partition coefficient (Wildman–Crippen LogP) is 1.04. The average molecular weight is 277 g/mol. The number of hydrogen-bond acceptors (Lipinski definition) is 4. The van der Waals surface area contributed by atoms with E-state index in [9.17, 15) is 13.9 Å². The van der Waals surface area contributed by atoms with Crippen molar-refractivity contribution in [2.24, 2.45) is 11.0 Å². The summed E-state index contributed by atoms with van der Waals surface area (Å²) in [5.74, 6) is 0.239. The van der Waals surface area contributed by atoms with Gasteiger partial charge >= 0.3 is 0 Å². The lowest BCUT2D eigenvalue weighted by atomic mass is 9.82. The van der Waals surface area contributed by atoms with E-state index in [1.54, 1.807) is 6.92 Å². The van der Waals surface area contributed by atoms with E-state index < -0.39 is 23.2 Å². The lowest BCUT2D eigenvalue weighted by Crippen LogP contribution is -2.43. The third-order valence-electron chi connectivity index (χ3n) is 3.23. The van der Waals surface area contributed by atoms with Crippen molar-refractivity contribution >= 4 is 12.7 Å². The van der Waals surface area contributed by atoms with E-state index >= 15 is 0 Å². The summed E-state index contributed by atoms with van der Waals surface area (Å²) in [6, 6.07) is 2.88. The van der Waals surface area contributed by atoms with Gasteiger partial charge in [-0.3, -0.25) is 0 Å². The lowest BCUT2D eigenvalue weighted by Gasteiger charge is -2.31. The Morgan fingerprint density at radius 3 is 2.90 bits per heavy atom. The molecule has 1 aliphatic heterocycles. The number of nitrogens with zero attached hydrogens (tertiary/aromatic N) is 3. The van der Waals surface area contributed by atoms with E-state index in [0.717, 1.165) is 18.2 Å². The Balaban J connectivity index is 2.45. The van der Waals surface area contributed by atoms with E-state index in [-0.39, 0.29) is 12.1 Å². The minimum absolute atomic E-state index is 0.126. The topological polar surface area (TPSA) is 49.9 Å². The van der Waals surface area contributed by atoms with E-state index in [1.165, 1.54) is 17.7 Å². The van der Waals surface area contributed by atoms with Gasteiger partial charge in [0.15, 0.2) is 0 Å². The standard InChI is InChI=1S/C14H13F2N3O/c1-3-10(2)14(20,7-19-9-17-8-18-19)12-6-11(15)4-5-13(12)16/h1,4-6,8-10,20H,7H2,2H3/q+1. The van der Waals surface area contributed by atoms with Crippen LogP contribution >= 0.6 is 0 Å². The molecule has 1 aliphatic rings. The number of hydrogen-bond donors (Lipinski definition) is 1. The SMILES string of the molecule is C#CC(C)C(O)(CN1C=[N+]C=N1)c1cc(F)ccc1F. The van der Waals surface area contributed by atoms with Gasteiger partial charge in [0.2, 0.25) is 0 Å². The molecule has 1 aromatic carbocycles. The molecule has 2 rings (SSSR count).